The molecule has 0 aliphatic carbocycles. The molecule has 0 aliphatic rings. The van der Waals surface area contributed by atoms with Gasteiger partial charge in [0.25, 0.3) is 0 Å². The Hall–Kier alpha value is -1.71. The third kappa shape index (κ3) is 4.13. The minimum absolute atomic E-state index is 0.108. The van der Waals surface area contributed by atoms with Crippen molar-refractivity contribution in [2.45, 2.75) is 18.9 Å². The Bertz CT molecular complexity index is 570. The lowest BCUT2D eigenvalue weighted by atomic mass is 9.82. The van der Waals surface area contributed by atoms with Crippen LogP contribution in [-0.4, -0.2) is 25.0 Å². The third-order valence-electron chi connectivity index (χ3n) is 3.88. The van der Waals surface area contributed by atoms with E-state index in [1.165, 1.54) is 11.6 Å². The van der Waals surface area contributed by atoms with Crippen molar-refractivity contribution in [3.8, 4) is 0 Å². The van der Waals surface area contributed by atoms with Gasteiger partial charge in [-0.2, -0.15) is 0 Å². The van der Waals surface area contributed by atoms with Gasteiger partial charge in [-0.15, -0.1) is 0 Å². The fourth-order valence-electron chi connectivity index (χ4n) is 2.71. The number of likely N-dealkylation sites (N-methyl/N-ethyl adjacent to an activating group) is 1. The molecule has 2 N–H and O–H groups in total. The lowest BCUT2D eigenvalue weighted by Crippen LogP contribution is -2.42. The van der Waals surface area contributed by atoms with Crippen molar-refractivity contribution in [2.24, 2.45) is 5.73 Å². The van der Waals surface area contributed by atoms with Gasteiger partial charge in [-0.1, -0.05) is 49.4 Å². The van der Waals surface area contributed by atoms with E-state index in [1.807, 2.05) is 31.3 Å². The first-order valence-electron chi connectivity index (χ1n) is 7.22. The molecule has 0 bridgehead atoms. The predicted molar refractivity (Wildman–Crippen MR) is 85.6 cm³/mol. The Morgan fingerprint density at radius 2 is 1.81 bits per heavy atom. The maximum Gasteiger partial charge on any atom is 0.123 e. The van der Waals surface area contributed by atoms with E-state index in [1.54, 1.807) is 12.1 Å². The molecule has 112 valence electrons. The first kappa shape index (κ1) is 15.7. The van der Waals surface area contributed by atoms with Crippen LogP contribution < -0.4 is 5.73 Å². The summed E-state index contributed by atoms with van der Waals surface area (Å²) in [5.74, 6) is -0.189. The smallest absolute Gasteiger partial charge is 0.123 e. The molecule has 21 heavy (non-hydrogen) atoms. The highest BCUT2D eigenvalue weighted by Gasteiger charge is 2.26. The zero-order valence-electron chi connectivity index (χ0n) is 12.7. The monoisotopic (exact) mass is 286 g/mol. The first-order chi connectivity index (χ1) is 10.0. The Kier molecular flexibility index (Phi) is 5.10. The SMILES string of the molecule is CN(Cc1cccc(F)c1)CC(C)(CN)c1ccccc1. The molecule has 2 aromatic rings. The fourth-order valence-corrected chi connectivity index (χ4v) is 2.71. The molecule has 2 rings (SSSR count). The van der Waals surface area contributed by atoms with Crippen LogP contribution in [0.15, 0.2) is 54.6 Å². The van der Waals surface area contributed by atoms with Crippen LogP contribution in [0.1, 0.15) is 18.1 Å². The number of nitrogens with zero attached hydrogens (tertiary/aromatic N) is 1. The molecule has 0 spiro atoms. The topological polar surface area (TPSA) is 29.3 Å². The normalized spacial score (nSPS) is 14.1. The molecule has 0 aliphatic heterocycles. The zero-order valence-corrected chi connectivity index (χ0v) is 12.7. The molecule has 1 unspecified atom stereocenters. The molecule has 0 radical (unpaired) electrons. The number of benzene rings is 2. The standard InChI is InChI=1S/C18H23FN2/c1-18(13-20,16-8-4-3-5-9-16)14-21(2)12-15-7-6-10-17(19)11-15/h3-11H,12-14,20H2,1-2H3. The van der Waals surface area contributed by atoms with E-state index < -0.39 is 0 Å². The van der Waals surface area contributed by atoms with Crippen molar-refractivity contribution >= 4 is 0 Å². The van der Waals surface area contributed by atoms with Crippen LogP contribution >= 0.6 is 0 Å². The second-order valence-corrected chi connectivity index (χ2v) is 5.93. The van der Waals surface area contributed by atoms with Crippen LogP contribution in [0.2, 0.25) is 0 Å². The molecule has 0 aromatic heterocycles. The van der Waals surface area contributed by atoms with Crippen molar-refractivity contribution in [3.05, 3.63) is 71.5 Å². The van der Waals surface area contributed by atoms with E-state index >= 15 is 0 Å². The Labute approximate surface area is 126 Å². The van der Waals surface area contributed by atoms with Crippen molar-refractivity contribution in [1.29, 1.82) is 0 Å². The van der Waals surface area contributed by atoms with Gasteiger partial charge in [-0.3, -0.25) is 0 Å². The lowest BCUT2D eigenvalue weighted by molar-refractivity contribution is 0.252. The summed E-state index contributed by atoms with van der Waals surface area (Å²) >= 11 is 0. The highest BCUT2D eigenvalue weighted by atomic mass is 19.1. The van der Waals surface area contributed by atoms with E-state index in [0.29, 0.717) is 13.1 Å². The van der Waals surface area contributed by atoms with Gasteiger partial charge < -0.3 is 10.6 Å². The van der Waals surface area contributed by atoms with Crippen molar-refractivity contribution in [3.63, 3.8) is 0 Å². The Balaban J connectivity index is 2.08. The van der Waals surface area contributed by atoms with Crippen LogP contribution in [0.25, 0.3) is 0 Å². The maximum absolute atomic E-state index is 13.2. The fraction of sp³-hybridized carbons (Fsp3) is 0.333. The molecule has 0 heterocycles. The third-order valence-corrected chi connectivity index (χ3v) is 3.88. The summed E-state index contributed by atoms with van der Waals surface area (Å²) in [7, 11) is 2.04. The van der Waals surface area contributed by atoms with Crippen LogP contribution in [0, 0.1) is 5.82 Å². The van der Waals surface area contributed by atoms with Gasteiger partial charge in [-0.05, 0) is 30.3 Å². The summed E-state index contributed by atoms with van der Waals surface area (Å²) in [6, 6.07) is 17.1. The average Bonchev–Trinajstić information content (AvgIpc) is 2.48. The summed E-state index contributed by atoms with van der Waals surface area (Å²) in [6.45, 7) is 4.28. The molecule has 2 aromatic carbocycles. The van der Waals surface area contributed by atoms with Gasteiger partial charge in [0.15, 0.2) is 0 Å². The Morgan fingerprint density at radius 3 is 2.43 bits per heavy atom. The summed E-state index contributed by atoms with van der Waals surface area (Å²) in [6.07, 6.45) is 0. The second-order valence-electron chi connectivity index (χ2n) is 5.93. The second kappa shape index (κ2) is 6.83. The van der Waals surface area contributed by atoms with E-state index in [9.17, 15) is 4.39 Å². The van der Waals surface area contributed by atoms with Crippen LogP contribution in [-0.2, 0) is 12.0 Å². The summed E-state index contributed by atoms with van der Waals surface area (Å²) < 4.78 is 13.2. The number of nitrogens with two attached hydrogens (primary N) is 1. The number of rotatable bonds is 6. The largest absolute Gasteiger partial charge is 0.330 e. The number of hydrogen-bond acceptors (Lipinski definition) is 2. The molecule has 0 saturated heterocycles. The molecular weight excluding hydrogens is 263 g/mol. The molecule has 1 atom stereocenters. The van der Waals surface area contributed by atoms with E-state index in [4.69, 9.17) is 5.73 Å². The van der Waals surface area contributed by atoms with E-state index in [0.717, 1.165) is 12.1 Å². The Morgan fingerprint density at radius 1 is 1.10 bits per heavy atom. The summed E-state index contributed by atoms with van der Waals surface area (Å²) in [4.78, 5) is 2.19. The molecular formula is C18H23FN2. The maximum atomic E-state index is 13.2. The van der Waals surface area contributed by atoms with Crippen molar-refractivity contribution in [2.75, 3.05) is 20.1 Å². The van der Waals surface area contributed by atoms with Crippen molar-refractivity contribution in [1.82, 2.24) is 4.90 Å². The van der Waals surface area contributed by atoms with Gasteiger partial charge in [0.2, 0.25) is 0 Å². The number of hydrogen-bond donors (Lipinski definition) is 1. The minimum Gasteiger partial charge on any atom is -0.330 e. The molecule has 0 fully saturated rings. The quantitative estimate of drug-likeness (QED) is 0.883. The summed E-state index contributed by atoms with van der Waals surface area (Å²) in [5, 5.41) is 0. The van der Waals surface area contributed by atoms with Gasteiger partial charge in [0.05, 0.1) is 0 Å². The van der Waals surface area contributed by atoms with Crippen LogP contribution in [0.4, 0.5) is 4.39 Å². The summed E-state index contributed by atoms with van der Waals surface area (Å²) in [5.41, 5.74) is 8.12. The van der Waals surface area contributed by atoms with Crippen LogP contribution in [0.3, 0.4) is 0 Å². The molecule has 0 amide bonds. The highest BCUT2D eigenvalue weighted by Crippen LogP contribution is 2.24. The first-order valence-corrected chi connectivity index (χ1v) is 7.22. The van der Waals surface area contributed by atoms with Gasteiger partial charge in [0, 0.05) is 25.0 Å². The van der Waals surface area contributed by atoms with Gasteiger partial charge >= 0.3 is 0 Å². The van der Waals surface area contributed by atoms with E-state index in [-0.39, 0.29) is 11.2 Å². The van der Waals surface area contributed by atoms with E-state index in [2.05, 4.69) is 24.0 Å². The molecule has 0 saturated carbocycles. The van der Waals surface area contributed by atoms with Gasteiger partial charge in [0.1, 0.15) is 5.82 Å². The minimum atomic E-state index is -0.189. The lowest BCUT2D eigenvalue weighted by Gasteiger charge is -2.33. The van der Waals surface area contributed by atoms with Gasteiger partial charge in [-0.25, -0.2) is 4.39 Å². The highest BCUT2D eigenvalue weighted by molar-refractivity contribution is 5.25. The predicted octanol–water partition coefficient (Wildman–Crippen LogP) is 3.17. The zero-order chi connectivity index (χ0) is 15.3. The van der Waals surface area contributed by atoms with Crippen LogP contribution in [0.5, 0.6) is 0 Å². The molecule has 3 heteroatoms. The van der Waals surface area contributed by atoms with Crippen molar-refractivity contribution < 1.29 is 4.39 Å². The average molecular weight is 286 g/mol. The number of halogens is 1. The molecule has 2 nitrogen and oxygen atoms in total.